The number of hydrazone groups is 1. The minimum atomic E-state index is -0.490. The number of nitrogens with one attached hydrogen (secondary N) is 2. The van der Waals surface area contributed by atoms with Crippen molar-refractivity contribution < 1.29 is 10.3 Å². The maximum absolute atomic E-state index is 11.9. The summed E-state index contributed by atoms with van der Waals surface area (Å²) in [6.07, 6.45) is 3.55. The first-order chi connectivity index (χ1) is 10.7. The van der Waals surface area contributed by atoms with E-state index >= 15 is 0 Å². The van der Waals surface area contributed by atoms with E-state index in [2.05, 4.69) is 20.7 Å². The highest BCUT2D eigenvalue weighted by Gasteiger charge is 2.25. The maximum atomic E-state index is 11.9. The Morgan fingerprint density at radius 1 is 1.32 bits per heavy atom. The number of carbonyl (C=O) groups is 1. The Balaban J connectivity index is 0. The number of amides is 1. The van der Waals surface area contributed by atoms with E-state index in [9.17, 15) is 4.79 Å². The standard InChI is InChI=1S/C14H15N7O.2ClH.H2O/c15-7-11-1-2-13(19-9-11)18-6-5-17-10-14(22)21-12(8-16)3-4-20-21;;;/h1-2,4,9,12,17H,3,5-6,10H2,(H,18,19);2*1H;1H2. The van der Waals surface area contributed by atoms with Gasteiger partial charge in [-0.3, -0.25) is 4.79 Å². The third-order valence-corrected chi connectivity index (χ3v) is 3.01. The van der Waals surface area contributed by atoms with E-state index in [4.69, 9.17) is 10.5 Å². The molecule has 136 valence electrons. The van der Waals surface area contributed by atoms with Gasteiger partial charge in [-0.25, -0.2) is 9.99 Å². The van der Waals surface area contributed by atoms with Crippen LogP contribution in [0.1, 0.15) is 12.0 Å². The van der Waals surface area contributed by atoms with Gasteiger partial charge in [0, 0.05) is 31.9 Å². The highest BCUT2D eigenvalue weighted by molar-refractivity contribution is 5.85. The zero-order valence-corrected chi connectivity index (χ0v) is 14.8. The fourth-order valence-electron chi connectivity index (χ4n) is 1.88. The molecule has 1 aliphatic rings. The molecule has 2 heterocycles. The summed E-state index contributed by atoms with van der Waals surface area (Å²) in [7, 11) is 0. The number of anilines is 1. The van der Waals surface area contributed by atoms with Crippen molar-refractivity contribution in [1.82, 2.24) is 15.3 Å². The van der Waals surface area contributed by atoms with Gasteiger partial charge in [-0.15, -0.1) is 24.8 Å². The van der Waals surface area contributed by atoms with Gasteiger partial charge in [-0.05, 0) is 12.1 Å². The van der Waals surface area contributed by atoms with Crippen molar-refractivity contribution >= 4 is 42.8 Å². The second-order valence-electron chi connectivity index (χ2n) is 4.56. The summed E-state index contributed by atoms with van der Waals surface area (Å²) in [5.41, 5.74) is 0.507. The molecule has 0 spiro atoms. The SMILES string of the molecule is Cl.Cl.N#Cc1ccc(NCCNCC(=O)N2N=CCC2C#N)nc1.O. The van der Waals surface area contributed by atoms with E-state index in [0.717, 1.165) is 0 Å². The van der Waals surface area contributed by atoms with Crippen molar-refractivity contribution in [2.75, 3.05) is 25.0 Å². The Bertz CT molecular complexity index is 640. The van der Waals surface area contributed by atoms with E-state index < -0.39 is 6.04 Å². The molecule has 1 aliphatic heterocycles. The lowest BCUT2D eigenvalue weighted by Crippen LogP contribution is -2.39. The lowest BCUT2D eigenvalue weighted by atomic mass is 10.2. The summed E-state index contributed by atoms with van der Waals surface area (Å²) in [6.45, 7) is 1.26. The lowest BCUT2D eigenvalue weighted by Gasteiger charge is -2.16. The van der Waals surface area contributed by atoms with Crippen LogP contribution in [0.5, 0.6) is 0 Å². The second kappa shape index (κ2) is 12.9. The molecule has 0 aliphatic carbocycles. The van der Waals surface area contributed by atoms with Gasteiger partial charge in [-0.2, -0.15) is 15.6 Å². The van der Waals surface area contributed by atoms with Crippen LogP contribution in [0.4, 0.5) is 5.82 Å². The Kier molecular flexibility index (Phi) is 12.8. The van der Waals surface area contributed by atoms with Gasteiger partial charge in [0.05, 0.1) is 18.2 Å². The summed E-state index contributed by atoms with van der Waals surface area (Å²) in [5, 5.41) is 28.7. The first kappa shape index (κ1) is 24.8. The monoisotopic (exact) mass is 387 g/mol. The molecular formula is C14H19Cl2N7O2. The molecule has 4 N–H and O–H groups in total. The van der Waals surface area contributed by atoms with Crippen LogP contribution in [0.25, 0.3) is 0 Å². The average Bonchev–Trinajstić information content (AvgIpc) is 3.03. The molecule has 0 fully saturated rings. The molecule has 25 heavy (non-hydrogen) atoms. The van der Waals surface area contributed by atoms with Crippen LogP contribution in [-0.4, -0.2) is 53.3 Å². The van der Waals surface area contributed by atoms with E-state index in [1.54, 1.807) is 18.3 Å². The molecule has 0 saturated heterocycles. The van der Waals surface area contributed by atoms with Gasteiger partial charge >= 0.3 is 0 Å². The lowest BCUT2D eigenvalue weighted by molar-refractivity contribution is -0.130. The van der Waals surface area contributed by atoms with Crippen LogP contribution in [-0.2, 0) is 4.79 Å². The van der Waals surface area contributed by atoms with Crippen molar-refractivity contribution in [2.45, 2.75) is 12.5 Å². The van der Waals surface area contributed by atoms with Gasteiger partial charge in [-0.1, -0.05) is 0 Å². The summed E-state index contributed by atoms with van der Waals surface area (Å²) < 4.78 is 0. The molecule has 9 nitrogen and oxygen atoms in total. The van der Waals surface area contributed by atoms with Crippen LogP contribution >= 0.6 is 24.8 Å². The Labute approximate surface area is 157 Å². The van der Waals surface area contributed by atoms with Crippen LogP contribution in [0.15, 0.2) is 23.4 Å². The van der Waals surface area contributed by atoms with Gasteiger partial charge in [0.1, 0.15) is 17.9 Å². The van der Waals surface area contributed by atoms with Crippen molar-refractivity contribution in [3.8, 4) is 12.1 Å². The predicted octanol–water partition coefficient (Wildman–Crippen LogP) is 0.0840. The number of carbonyl (C=O) groups excluding carboxylic acids is 1. The van der Waals surface area contributed by atoms with Gasteiger partial charge < -0.3 is 16.1 Å². The normalized spacial score (nSPS) is 14.2. The third-order valence-electron chi connectivity index (χ3n) is 3.01. The number of nitrogens with zero attached hydrogens (tertiary/aromatic N) is 5. The van der Waals surface area contributed by atoms with Crippen molar-refractivity contribution in [3.05, 3.63) is 23.9 Å². The average molecular weight is 388 g/mol. The topological polar surface area (TPSA) is 149 Å². The van der Waals surface area contributed by atoms with Crippen molar-refractivity contribution in [3.63, 3.8) is 0 Å². The smallest absolute Gasteiger partial charge is 0.257 e. The summed E-state index contributed by atoms with van der Waals surface area (Å²) >= 11 is 0. The fourth-order valence-corrected chi connectivity index (χ4v) is 1.88. The van der Waals surface area contributed by atoms with Crippen molar-refractivity contribution in [1.29, 1.82) is 10.5 Å². The minimum absolute atomic E-state index is 0. The van der Waals surface area contributed by atoms with Gasteiger partial charge in [0.15, 0.2) is 0 Å². The van der Waals surface area contributed by atoms with Gasteiger partial charge in [0.25, 0.3) is 5.91 Å². The second-order valence-corrected chi connectivity index (χ2v) is 4.56. The first-order valence-electron chi connectivity index (χ1n) is 6.79. The molecular weight excluding hydrogens is 369 g/mol. The number of pyridine rings is 1. The Hall–Kier alpha value is -2.43. The molecule has 1 atom stereocenters. The maximum Gasteiger partial charge on any atom is 0.257 e. The molecule has 1 aromatic rings. The molecule has 0 saturated carbocycles. The molecule has 11 heteroatoms. The van der Waals surface area contributed by atoms with Gasteiger partial charge in [0.2, 0.25) is 0 Å². The van der Waals surface area contributed by atoms with E-state index in [-0.39, 0.29) is 42.7 Å². The highest BCUT2D eigenvalue weighted by atomic mass is 35.5. The number of nitriles is 2. The van der Waals surface area contributed by atoms with E-state index in [1.165, 1.54) is 11.2 Å². The Morgan fingerprint density at radius 3 is 2.68 bits per heavy atom. The van der Waals surface area contributed by atoms with E-state index in [1.807, 2.05) is 12.1 Å². The molecule has 2 rings (SSSR count). The number of halogens is 2. The zero-order valence-electron chi connectivity index (χ0n) is 13.2. The number of rotatable bonds is 6. The summed E-state index contributed by atoms with van der Waals surface area (Å²) in [5.74, 6) is 0.442. The quantitative estimate of drug-likeness (QED) is 0.660. The molecule has 1 aromatic heterocycles. The Morgan fingerprint density at radius 2 is 2.08 bits per heavy atom. The summed E-state index contributed by atoms with van der Waals surface area (Å²) in [4.78, 5) is 15.9. The van der Waals surface area contributed by atoms with Crippen LogP contribution < -0.4 is 10.6 Å². The zero-order chi connectivity index (χ0) is 15.8. The third kappa shape index (κ3) is 7.33. The predicted molar refractivity (Wildman–Crippen MR) is 97.8 cm³/mol. The largest absolute Gasteiger partial charge is 0.412 e. The van der Waals surface area contributed by atoms with Crippen LogP contribution in [0, 0.1) is 22.7 Å². The van der Waals surface area contributed by atoms with Crippen LogP contribution in [0.3, 0.4) is 0 Å². The highest BCUT2D eigenvalue weighted by Crippen LogP contribution is 2.09. The number of aromatic nitrogens is 1. The van der Waals surface area contributed by atoms with Crippen molar-refractivity contribution in [2.24, 2.45) is 5.10 Å². The molecule has 1 amide bonds. The van der Waals surface area contributed by atoms with Crippen LogP contribution in [0.2, 0.25) is 0 Å². The minimum Gasteiger partial charge on any atom is -0.412 e. The molecule has 1 unspecified atom stereocenters. The number of hydrogen-bond donors (Lipinski definition) is 2. The summed E-state index contributed by atoms with van der Waals surface area (Å²) in [6, 6.07) is 6.95. The molecule has 0 aromatic carbocycles. The molecule has 0 radical (unpaired) electrons. The fraction of sp³-hybridized carbons (Fsp3) is 0.357. The first-order valence-corrected chi connectivity index (χ1v) is 6.79. The molecule has 0 bridgehead atoms. The number of hydrogen-bond acceptors (Lipinski definition) is 7. The van der Waals surface area contributed by atoms with E-state index in [0.29, 0.717) is 30.9 Å².